The van der Waals surface area contributed by atoms with E-state index in [0.717, 1.165) is 11.3 Å². The van der Waals surface area contributed by atoms with Crippen LogP contribution in [0.1, 0.15) is 33.7 Å². The molecule has 0 spiro atoms. The van der Waals surface area contributed by atoms with E-state index in [9.17, 15) is 14.4 Å². The van der Waals surface area contributed by atoms with Crippen LogP contribution in [0.5, 0.6) is 5.75 Å². The number of rotatable bonds is 8. The van der Waals surface area contributed by atoms with Crippen molar-refractivity contribution >= 4 is 11.9 Å². The van der Waals surface area contributed by atoms with Gasteiger partial charge in [-0.2, -0.15) is 0 Å². The van der Waals surface area contributed by atoms with Crippen LogP contribution in [0, 0.1) is 0 Å². The molecule has 0 aliphatic carbocycles. The Balaban J connectivity index is 1.50. The molecule has 1 amide bonds. The van der Waals surface area contributed by atoms with Crippen molar-refractivity contribution in [3.63, 3.8) is 0 Å². The summed E-state index contributed by atoms with van der Waals surface area (Å²) in [5, 5.41) is 0. The summed E-state index contributed by atoms with van der Waals surface area (Å²) < 4.78 is 12.5. The molecule has 2 aromatic heterocycles. The van der Waals surface area contributed by atoms with Gasteiger partial charge in [-0.05, 0) is 24.1 Å². The summed E-state index contributed by atoms with van der Waals surface area (Å²) in [6.45, 7) is 1.38. The third kappa shape index (κ3) is 5.95. The van der Waals surface area contributed by atoms with Gasteiger partial charge in [0.1, 0.15) is 11.3 Å². The fourth-order valence-corrected chi connectivity index (χ4v) is 4.30. The molecule has 0 saturated carbocycles. The first-order valence-electron chi connectivity index (χ1n) is 11.8. The van der Waals surface area contributed by atoms with Gasteiger partial charge in [0.25, 0.3) is 5.56 Å². The molecule has 1 aliphatic heterocycles. The van der Waals surface area contributed by atoms with Crippen LogP contribution in [0.15, 0.2) is 65.6 Å². The van der Waals surface area contributed by atoms with E-state index in [4.69, 9.17) is 9.47 Å². The number of fused-ring (bicyclic) bond motifs is 1. The maximum Gasteiger partial charge on any atom is 0.343 e. The van der Waals surface area contributed by atoms with E-state index in [0.29, 0.717) is 51.0 Å². The van der Waals surface area contributed by atoms with Crippen LogP contribution < -0.4 is 10.3 Å². The van der Waals surface area contributed by atoms with Crippen LogP contribution in [-0.4, -0.2) is 53.1 Å². The van der Waals surface area contributed by atoms with Crippen molar-refractivity contribution in [2.45, 2.75) is 32.2 Å². The lowest BCUT2D eigenvalue weighted by atomic mass is 10.1. The second kappa shape index (κ2) is 11.5. The van der Waals surface area contributed by atoms with Crippen LogP contribution >= 0.6 is 0 Å². The highest BCUT2D eigenvalue weighted by atomic mass is 16.5. The van der Waals surface area contributed by atoms with Crippen molar-refractivity contribution in [1.82, 2.24) is 14.5 Å². The van der Waals surface area contributed by atoms with E-state index in [1.54, 1.807) is 15.7 Å². The fraction of sp³-hybridized carbons (Fsp3) is 0.333. The van der Waals surface area contributed by atoms with Crippen LogP contribution in [0.4, 0.5) is 0 Å². The minimum absolute atomic E-state index is 0.0289. The highest BCUT2D eigenvalue weighted by Gasteiger charge is 2.27. The van der Waals surface area contributed by atoms with Crippen molar-refractivity contribution in [2.75, 3.05) is 26.8 Å². The average Bonchev–Trinajstić information content (AvgIpc) is 3.12. The number of carbonyl (C=O) groups excluding carboxylic acids is 2. The van der Waals surface area contributed by atoms with E-state index in [1.165, 1.54) is 13.2 Å². The molecule has 3 heterocycles. The molecule has 0 saturated heterocycles. The Labute approximate surface area is 204 Å². The minimum Gasteiger partial charge on any atom is -0.492 e. The number of hydrogen-bond donors (Lipinski definition) is 0. The quantitative estimate of drug-likeness (QED) is 0.466. The second-order valence-corrected chi connectivity index (χ2v) is 8.35. The Hall–Kier alpha value is -3.94. The van der Waals surface area contributed by atoms with Crippen molar-refractivity contribution in [3.8, 4) is 5.75 Å². The highest BCUT2D eigenvalue weighted by molar-refractivity contribution is 5.93. The van der Waals surface area contributed by atoms with Crippen molar-refractivity contribution in [3.05, 3.63) is 93.7 Å². The van der Waals surface area contributed by atoms with Crippen LogP contribution in [0.3, 0.4) is 0 Å². The summed E-state index contributed by atoms with van der Waals surface area (Å²) in [4.78, 5) is 44.6. The van der Waals surface area contributed by atoms with Crippen molar-refractivity contribution in [2.24, 2.45) is 0 Å². The van der Waals surface area contributed by atoms with E-state index in [-0.39, 0.29) is 29.4 Å². The molecule has 4 rings (SSSR count). The lowest BCUT2D eigenvalue weighted by Gasteiger charge is -2.20. The Kier molecular flexibility index (Phi) is 7.92. The third-order valence-corrected chi connectivity index (χ3v) is 6.15. The number of pyridine rings is 2. The molecule has 0 atom stereocenters. The summed E-state index contributed by atoms with van der Waals surface area (Å²) in [5.74, 6) is -0.334. The monoisotopic (exact) mass is 475 g/mol. The zero-order valence-corrected chi connectivity index (χ0v) is 19.8. The first-order valence-corrected chi connectivity index (χ1v) is 11.8. The maximum atomic E-state index is 12.9. The maximum absolute atomic E-state index is 12.9. The Morgan fingerprint density at radius 2 is 1.80 bits per heavy atom. The molecular weight excluding hydrogens is 446 g/mol. The zero-order valence-electron chi connectivity index (χ0n) is 19.8. The zero-order chi connectivity index (χ0) is 24.6. The van der Waals surface area contributed by atoms with Gasteiger partial charge >= 0.3 is 5.97 Å². The lowest BCUT2D eigenvalue weighted by molar-refractivity contribution is -0.131. The number of benzene rings is 1. The normalized spacial score (nSPS) is 13.0. The highest BCUT2D eigenvalue weighted by Crippen LogP contribution is 2.24. The molecular formula is C27H29N3O5. The minimum atomic E-state index is -0.564. The smallest absolute Gasteiger partial charge is 0.343 e. The summed E-state index contributed by atoms with van der Waals surface area (Å²) >= 11 is 0. The number of nitrogens with zero attached hydrogens (tertiary/aromatic N) is 3. The SMILES string of the molecule is COC(=O)c1c(OCCc2ccccn2)cc(=O)n2c1CCN(C(=O)CCc1ccccc1)CC2. The molecule has 1 aliphatic rings. The number of hydrogen-bond acceptors (Lipinski definition) is 6. The van der Waals surface area contributed by atoms with Gasteiger partial charge in [-0.1, -0.05) is 36.4 Å². The molecule has 0 bridgehead atoms. The number of aryl methyl sites for hydroxylation is 1. The topological polar surface area (TPSA) is 90.7 Å². The number of amides is 1. The van der Waals surface area contributed by atoms with Crippen LogP contribution in [0.25, 0.3) is 0 Å². The van der Waals surface area contributed by atoms with E-state index in [2.05, 4.69) is 4.98 Å². The Morgan fingerprint density at radius 1 is 1.00 bits per heavy atom. The molecule has 0 radical (unpaired) electrons. The van der Waals surface area contributed by atoms with E-state index >= 15 is 0 Å². The molecule has 1 aromatic carbocycles. The lowest BCUT2D eigenvalue weighted by Crippen LogP contribution is -2.34. The molecule has 8 heteroatoms. The molecule has 0 unspecified atom stereocenters. The third-order valence-electron chi connectivity index (χ3n) is 6.15. The van der Waals surface area contributed by atoms with Crippen LogP contribution in [0.2, 0.25) is 0 Å². The molecule has 35 heavy (non-hydrogen) atoms. The van der Waals surface area contributed by atoms with Gasteiger partial charge in [-0.3, -0.25) is 14.6 Å². The molecule has 182 valence electrons. The molecule has 3 aromatic rings. The first-order chi connectivity index (χ1) is 17.1. The Bertz CT molecular complexity index is 1220. The number of carbonyl (C=O) groups is 2. The van der Waals surface area contributed by atoms with E-state index < -0.39 is 5.97 Å². The molecule has 8 nitrogen and oxygen atoms in total. The van der Waals surface area contributed by atoms with Crippen LogP contribution in [-0.2, 0) is 35.3 Å². The van der Waals surface area contributed by atoms with Gasteiger partial charge in [-0.15, -0.1) is 0 Å². The first kappa shape index (κ1) is 24.2. The summed E-state index contributed by atoms with van der Waals surface area (Å²) in [5.41, 5.74) is 2.47. The van der Waals surface area contributed by atoms with E-state index in [1.807, 2.05) is 48.5 Å². The Morgan fingerprint density at radius 3 is 2.54 bits per heavy atom. The largest absolute Gasteiger partial charge is 0.492 e. The molecule has 0 fully saturated rings. The second-order valence-electron chi connectivity index (χ2n) is 8.35. The summed E-state index contributed by atoms with van der Waals surface area (Å²) in [6.07, 6.45) is 3.64. The number of esters is 1. The predicted molar refractivity (Wildman–Crippen MR) is 131 cm³/mol. The number of methoxy groups -OCH3 is 1. The van der Waals surface area contributed by atoms with Gasteiger partial charge in [0.05, 0.1) is 13.7 Å². The fourth-order valence-electron chi connectivity index (χ4n) is 4.30. The predicted octanol–water partition coefficient (Wildman–Crippen LogP) is 2.67. The van der Waals surface area contributed by atoms with Gasteiger partial charge < -0.3 is 18.9 Å². The van der Waals surface area contributed by atoms with Gasteiger partial charge in [0.2, 0.25) is 5.91 Å². The standard InChI is InChI=1S/C27H29N3O5/c1-34-27(33)26-22-12-15-29(24(31)11-10-20-7-3-2-4-8-20)16-17-30(22)25(32)19-23(26)35-18-13-21-9-5-6-14-28-21/h2-9,14,19H,10-13,15-18H2,1H3. The van der Waals surface area contributed by atoms with Crippen molar-refractivity contribution < 1.29 is 19.1 Å². The van der Waals surface area contributed by atoms with Gasteiger partial charge in [0, 0.05) is 62.5 Å². The number of ether oxygens (including phenoxy) is 2. The van der Waals surface area contributed by atoms with Crippen molar-refractivity contribution in [1.29, 1.82) is 0 Å². The van der Waals surface area contributed by atoms with Gasteiger partial charge in [-0.25, -0.2) is 4.79 Å². The summed E-state index contributed by atoms with van der Waals surface area (Å²) in [6, 6.07) is 16.8. The van der Waals surface area contributed by atoms with Gasteiger partial charge in [0.15, 0.2) is 0 Å². The number of aromatic nitrogens is 2. The summed E-state index contributed by atoms with van der Waals surface area (Å²) in [7, 11) is 1.30. The molecule has 0 N–H and O–H groups in total. The average molecular weight is 476 g/mol.